The first kappa shape index (κ1) is 26.3. The Morgan fingerprint density at radius 3 is 2.53 bits per heavy atom. The number of likely N-dealkylation sites (N-methyl/N-ethyl adjacent to an activating group) is 1. The minimum atomic E-state index is -2.88. The molecule has 0 saturated carbocycles. The normalized spacial score (nSPS) is 25.4. The van der Waals surface area contributed by atoms with Gasteiger partial charge in [0.1, 0.15) is 5.75 Å². The van der Waals surface area contributed by atoms with Gasteiger partial charge < -0.3 is 29.2 Å². The number of aliphatic hydroxyl groups is 1. The van der Waals surface area contributed by atoms with Gasteiger partial charge in [-0.15, -0.1) is 0 Å². The molecule has 1 saturated heterocycles. The van der Waals surface area contributed by atoms with E-state index in [1.165, 1.54) is 0 Å². The zero-order valence-electron chi connectivity index (χ0n) is 21.6. The molecule has 9 heteroatoms. The Labute approximate surface area is 213 Å². The molecule has 2 aliphatic heterocycles. The Kier molecular flexibility index (Phi) is 7.30. The number of hydrogen-bond donors (Lipinski definition) is 2. The molecule has 0 bridgehead atoms. The largest absolute Gasteiger partial charge is 0.497 e. The van der Waals surface area contributed by atoms with Crippen molar-refractivity contribution in [3.05, 3.63) is 59.7 Å². The number of aliphatic hydroxyl groups excluding tert-OH is 1. The fourth-order valence-electron chi connectivity index (χ4n) is 6.01. The number of amides is 2. The van der Waals surface area contributed by atoms with E-state index in [9.17, 15) is 19.5 Å². The summed E-state index contributed by atoms with van der Waals surface area (Å²) in [5.41, 5.74) is 0.739. The summed E-state index contributed by atoms with van der Waals surface area (Å²) in [6, 6.07) is 15.1. The van der Waals surface area contributed by atoms with Gasteiger partial charge in [0.15, 0.2) is 13.9 Å². The predicted octanol–water partition coefficient (Wildman–Crippen LogP) is 2.88. The van der Waals surface area contributed by atoms with Crippen LogP contribution in [-0.4, -0.2) is 68.3 Å². The fourth-order valence-corrected chi connectivity index (χ4v) is 8.56. The first-order chi connectivity index (χ1) is 17.0. The Balaban J connectivity index is 1.69. The van der Waals surface area contributed by atoms with Crippen molar-refractivity contribution in [2.24, 2.45) is 5.92 Å². The first-order valence-electron chi connectivity index (χ1n) is 12.3. The van der Waals surface area contributed by atoms with Crippen LogP contribution in [0.15, 0.2) is 48.5 Å². The topological polar surface area (TPSA) is 99.5 Å². The molecule has 4 atom stereocenters. The second-order valence-electron chi connectivity index (χ2n) is 10.3. The maximum Gasteiger partial charge on any atom is 0.264 e. The van der Waals surface area contributed by atoms with Gasteiger partial charge in [0.05, 0.1) is 31.9 Å². The number of ether oxygens (including phenoxy) is 2. The van der Waals surface area contributed by atoms with E-state index < -0.39 is 20.0 Å². The summed E-state index contributed by atoms with van der Waals surface area (Å²) < 4.78 is 12.1. The van der Waals surface area contributed by atoms with Crippen molar-refractivity contribution in [3.8, 4) is 5.75 Å². The molecule has 0 aliphatic carbocycles. The third kappa shape index (κ3) is 4.45. The first-order valence-corrected chi connectivity index (χ1v) is 15.4. The van der Waals surface area contributed by atoms with Gasteiger partial charge in [-0.05, 0) is 36.9 Å². The van der Waals surface area contributed by atoms with E-state index in [1.807, 2.05) is 62.5 Å². The summed E-state index contributed by atoms with van der Waals surface area (Å²) in [7, 11) is 0.412. The Hall–Kier alpha value is -2.72. The van der Waals surface area contributed by atoms with Crippen molar-refractivity contribution in [3.63, 3.8) is 0 Å². The lowest BCUT2D eigenvalue weighted by Crippen LogP contribution is -2.45. The molecular weight excluding hydrogens is 476 g/mol. The SMILES string of the molecule is COc1ccc2c(c1)[C@]1(O[C@@H](CC(=O)N(CCO)Cc3ccccc3)[C@H]([Si](C)(C)O)[C@H]1C)C(=O)N2C. The molecule has 1 fully saturated rings. The third-order valence-electron chi connectivity index (χ3n) is 7.64. The van der Waals surface area contributed by atoms with Gasteiger partial charge >= 0.3 is 0 Å². The molecular formula is C27H36N2O6Si. The highest BCUT2D eigenvalue weighted by molar-refractivity contribution is 6.71. The summed E-state index contributed by atoms with van der Waals surface area (Å²) in [4.78, 5) is 41.8. The van der Waals surface area contributed by atoms with Crippen LogP contribution in [0.4, 0.5) is 5.69 Å². The smallest absolute Gasteiger partial charge is 0.264 e. The lowest BCUT2D eigenvalue weighted by molar-refractivity contribution is -0.149. The van der Waals surface area contributed by atoms with E-state index in [4.69, 9.17) is 9.47 Å². The fraction of sp³-hybridized carbons (Fsp3) is 0.481. The van der Waals surface area contributed by atoms with E-state index in [1.54, 1.807) is 30.0 Å². The Bertz CT molecular complexity index is 1120. The second kappa shape index (κ2) is 9.97. The molecule has 2 aromatic rings. The average molecular weight is 513 g/mol. The third-order valence-corrected chi connectivity index (χ3v) is 10.1. The number of nitrogens with zero attached hydrogens (tertiary/aromatic N) is 2. The van der Waals surface area contributed by atoms with Crippen LogP contribution in [0.1, 0.15) is 24.5 Å². The van der Waals surface area contributed by atoms with Crippen LogP contribution in [0.3, 0.4) is 0 Å². The summed E-state index contributed by atoms with van der Waals surface area (Å²) in [5, 5.41) is 9.62. The van der Waals surface area contributed by atoms with Gasteiger partial charge in [-0.1, -0.05) is 37.3 Å². The van der Waals surface area contributed by atoms with Crippen LogP contribution in [0.5, 0.6) is 5.75 Å². The maximum atomic E-state index is 13.7. The van der Waals surface area contributed by atoms with Crippen molar-refractivity contribution in [2.45, 2.75) is 50.2 Å². The molecule has 2 N–H and O–H groups in total. The van der Waals surface area contributed by atoms with Crippen LogP contribution in [0.2, 0.25) is 18.6 Å². The Morgan fingerprint density at radius 2 is 1.92 bits per heavy atom. The molecule has 0 radical (unpaired) electrons. The molecule has 4 rings (SSSR count). The van der Waals surface area contributed by atoms with Crippen molar-refractivity contribution >= 4 is 25.8 Å². The van der Waals surface area contributed by atoms with Crippen LogP contribution < -0.4 is 9.64 Å². The number of benzene rings is 2. The highest BCUT2D eigenvalue weighted by Gasteiger charge is 2.66. The minimum Gasteiger partial charge on any atom is -0.497 e. The summed E-state index contributed by atoms with van der Waals surface area (Å²) in [6.07, 6.45) is -0.637. The maximum absolute atomic E-state index is 13.7. The van der Waals surface area contributed by atoms with E-state index >= 15 is 0 Å². The van der Waals surface area contributed by atoms with E-state index in [2.05, 4.69) is 0 Å². The van der Waals surface area contributed by atoms with Gasteiger partial charge in [0.25, 0.3) is 5.91 Å². The van der Waals surface area contributed by atoms with Crippen LogP contribution in [0.25, 0.3) is 0 Å². The number of hydrogen-bond acceptors (Lipinski definition) is 6. The van der Waals surface area contributed by atoms with Gasteiger partial charge in [-0.25, -0.2) is 0 Å². The van der Waals surface area contributed by atoms with Gasteiger partial charge in [-0.2, -0.15) is 0 Å². The predicted molar refractivity (Wildman–Crippen MR) is 139 cm³/mol. The zero-order chi connectivity index (χ0) is 26.3. The highest BCUT2D eigenvalue weighted by Crippen LogP contribution is 2.59. The number of anilines is 1. The van der Waals surface area contributed by atoms with Crippen molar-refractivity contribution in [2.75, 3.05) is 32.2 Å². The number of fused-ring (bicyclic) bond motifs is 2. The molecule has 2 aromatic carbocycles. The quantitative estimate of drug-likeness (QED) is 0.528. The van der Waals surface area contributed by atoms with E-state index in [0.717, 1.165) is 11.3 Å². The second-order valence-corrected chi connectivity index (χ2v) is 14.3. The summed E-state index contributed by atoms with van der Waals surface area (Å²) in [5.74, 6) is -0.130. The average Bonchev–Trinajstić information content (AvgIpc) is 3.25. The summed E-state index contributed by atoms with van der Waals surface area (Å²) >= 11 is 0. The molecule has 2 heterocycles. The van der Waals surface area contributed by atoms with E-state index in [0.29, 0.717) is 17.9 Å². The number of carbonyl (C=O) groups is 2. The van der Waals surface area contributed by atoms with Crippen LogP contribution in [-0.2, 0) is 26.5 Å². The molecule has 194 valence electrons. The minimum absolute atomic E-state index is 0.0108. The molecule has 0 unspecified atom stereocenters. The van der Waals surface area contributed by atoms with Gasteiger partial charge in [-0.3, -0.25) is 9.59 Å². The summed E-state index contributed by atoms with van der Waals surface area (Å²) in [6.45, 7) is 5.99. The zero-order valence-corrected chi connectivity index (χ0v) is 22.6. The van der Waals surface area contributed by atoms with Crippen LogP contribution >= 0.6 is 0 Å². The molecule has 2 amide bonds. The number of carbonyl (C=O) groups excluding carboxylic acids is 2. The highest BCUT2D eigenvalue weighted by atomic mass is 28.4. The Morgan fingerprint density at radius 1 is 1.22 bits per heavy atom. The lowest BCUT2D eigenvalue weighted by atomic mass is 9.82. The van der Waals surface area contributed by atoms with Crippen LogP contribution in [0, 0.1) is 5.92 Å². The lowest BCUT2D eigenvalue weighted by Gasteiger charge is -2.32. The van der Waals surface area contributed by atoms with Crippen molar-refractivity contribution < 1.29 is 29.0 Å². The molecule has 2 aliphatic rings. The number of rotatable bonds is 8. The molecule has 36 heavy (non-hydrogen) atoms. The number of methoxy groups -OCH3 is 1. The van der Waals surface area contributed by atoms with Crippen molar-refractivity contribution in [1.29, 1.82) is 0 Å². The molecule has 8 nitrogen and oxygen atoms in total. The monoisotopic (exact) mass is 512 g/mol. The molecule has 1 spiro atoms. The van der Waals surface area contributed by atoms with Gasteiger partial charge in [0.2, 0.25) is 5.91 Å². The van der Waals surface area contributed by atoms with E-state index in [-0.39, 0.29) is 42.8 Å². The standard InChI is InChI=1S/C27H36N2O6Si/c1-18-25(36(4,5)33)23(16-24(31)29(13-14-30)17-19-9-7-6-8-10-19)35-27(18)21-15-20(34-3)11-12-22(21)28(2)26(27)32/h6-12,15,18,23,25,30,33H,13-14,16-17H2,1-5H3/t18-,23+,25-,27+/m1/s1. The van der Waals surface area contributed by atoms with Gasteiger partial charge in [0, 0.05) is 37.2 Å². The van der Waals surface area contributed by atoms with Crippen molar-refractivity contribution in [1.82, 2.24) is 4.90 Å². The molecule has 0 aromatic heterocycles.